The fourth-order valence-electron chi connectivity index (χ4n) is 2.43. The zero-order valence-corrected chi connectivity index (χ0v) is 10.2. The highest BCUT2D eigenvalue weighted by Crippen LogP contribution is 2.21. The highest BCUT2D eigenvalue weighted by atomic mass is 32.2. The Balaban J connectivity index is 1.66. The molecule has 15 heavy (non-hydrogen) atoms. The summed E-state index contributed by atoms with van der Waals surface area (Å²) in [6.45, 7) is 0. The molecule has 1 heterocycles. The van der Waals surface area contributed by atoms with Crippen molar-refractivity contribution in [2.24, 2.45) is 0 Å². The maximum absolute atomic E-state index is 11.7. The van der Waals surface area contributed by atoms with Crippen molar-refractivity contribution in [3.63, 3.8) is 0 Å². The molecule has 0 aromatic heterocycles. The molecular formula is C12H21O2S+. The smallest absolute Gasteiger partial charge is 0.356 e. The van der Waals surface area contributed by atoms with Gasteiger partial charge in [-0.1, -0.05) is 6.42 Å². The van der Waals surface area contributed by atoms with Crippen LogP contribution >= 0.6 is 0 Å². The first-order valence-corrected chi connectivity index (χ1v) is 7.91. The molecule has 0 spiro atoms. The van der Waals surface area contributed by atoms with E-state index < -0.39 is 0 Å². The summed E-state index contributed by atoms with van der Waals surface area (Å²) in [7, 11) is 0.364. The fourth-order valence-corrected chi connectivity index (χ4v) is 4.55. The summed E-state index contributed by atoms with van der Waals surface area (Å²) in [5, 5.41) is 0. The number of esters is 1. The molecule has 0 unspecified atom stereocenters. The summed E-state index contributed by atoms with van der Waals surface area (Å²) in [4.78, 5) is 11.7. The number of carbonyl (C=O) groups is 1. The molecule has 86 valence electrons. The van der Waals surface area contributed by atoms with Crippen molar-refractivity contribution in [3.05, 3.63) is 0 Å². The van der Waals surface area contributed by atoms with Crippen LogP contribution in [0.5, 0.6) is 0 Å². The SMILES string of the molecule is O=C(C[S+]1CCCC1)OC1CCCCC1. The second-order valence-electron chi connectivity index (χ2n) is 4.62. The first-order chi connectivity index (χ1) is 7.34. The van der Waals surface area contributed by atoms with Crippen LogP contribution in [0, 0.1) is 0 Å². The van der Waals surface area contributed by atoms with E-state index in [2.05, 4.69) is 0 Å². The summed E-state index contributed by atoms with van der Waals surface area (Å²) in [6.07, 6.45) is 8.88. The van der Waals surface area contributed by atoms with Gasteiger partial charge in [-0.25, -0.2) is 4.79 Å². The van der Waals surface area contributed by atoms with Gasteiger partial charge < -0.3 is 4.74 Å². The molecule has 2 fully saturated rings. The molecule has 0 aromatic rings. The van der Waals surface area contributed by atoms with Gasteiger partial charge in [-0.2, -0.15) is 0 Å². The standard InChI is InChI=1S/C12H21O2S/c13-12(10-15-8-4-5-9-15)14-11-6-2-1-3-7-11/h11H,1-10H2/q+1. The van der Waals surface area contributed by atoms with E-state index in [0.29, 0.717) is 16.6 Å². The minimum atomic E-state index is 0.0760. The van der Waals surface area contributed by atoms with Crippen LogP contribution in [0.3, 0.4) is 0 Å². The summed E-state index contributed by atoms with van der Waals surface area (Å²) < 4.78 is 5.52. The van der Waals surface area contributed by atoms with Crippen molar-refractivity contribution < 1.29 is 9.53 Å². The second-order valence-corrected chi connectivity index (χ2v) is 6.95. The molecule has 1 aliphatic heterocycles. The molecule has 0 aromatic carbocycles. The Hall–Kier alpha value is -0.180. The average Bonchev–Trinajstić information content (AvgIpc) is 2.71. The maximum atomic E-state index is 11.7. The lowest BCUT2D eigenvalue weighted by Gasteiger charge is -2.21. The van der Waals surface area contributed by atoms with Crippen LogP contribution in [0.15, 0.2) is 0 Å². The van der Waals surface area contributed by atoms with Crippen LogP contribution in [-0.4, -0.2) is 29.3 Å². The van der Waals surface area contributed by atoms with Crippen LogP contribution in [0.4, 0.5) is 0 Å². The quantitative estimate of drug-likeness (QED) is 0.548. The van der Waals surface area contributed by atoms with Gasteiger partial charge in [0.05, 0.1) is 0 Å². The fraction of sp³-hybridized carbons (Fsp3) is 0.917. The predicted octanol–water partition coefficient (Wildman–Crippen LogP) is 2.27. The van der Waals surface area contributed by atoms with Crippen LogP contribution in [0.2, 0.25) is 0 Å². The maximum Gasteiger partial charge on any atom is 0.356 e. The van der Waals surface area contributed by atoms with E-state index in [4.69, 9.17) is 4.74 Å². The van der Waals surface area contributed by atoms with E-state index in [-0.39, 0.29) is 12.1 Å². The van der Waals surface area contributed by atoms with Gasteiger partial charge >= 0.3 is 5.97 Å². The lowest BCUT2D eigenvalue weighted by Crippen LogP contribution is -2.26. The molecular weight excluding hydrogens is 208 g/mol. The molecule has 1 aliphatic carbocycles. The first-order valence-electron chi connectivity index (χ1n) is 6.18. The highest BCUT2D eigenvalue weighted by molar-refractivity contribution is 7.97. The second kappa shape index (κ2) is 5.78. The minimum Gasteiger partial charge on any atom is -0.459 e. The Labute approximate surface area is 95.1 Å². The summed E-state index contributed by atoms with van der Waals surface area (Å²) in [5.41, 5.74) is 0. The van der Waals surface area contributed by atoms with E-state index in [1.807, 2.05) is 0 Å². The van der Waals surface area contributed by atoms with Crippen molar-refractivity contribution in [1.29, 1.82) is 0 Å². The van der Waals surface area contributed by atoms with E-state index in [0.717, 1.165) is 12.8 Å². The molecule has 2 aliphatic rings. The summed E-state index contributed by atoms with van der Waals surface area (Å²) >= 11 is 0. The Kier molecular flexibility index (Phi) is 4.36. The van der Waals surface area contributed by atoms with Crippen molar-refractivity contribution in [2.45, 2.75) is 51.0 Å². The van der Waals surface area contributed by atoms with E-state index in [9.17, 15) is 4.79 Å². The summed E-state index contributed by atoms with van der Waals surface area (Å²) in [6, 6.07) is 0. The third kappa shape index (κ3) is 3.71. The van der Waals surface area contributed by atoms with Gasteiger partial charge in [-0.15, -0.1) is 0 Å². The van der Waals surface area contributed by atoms with Crippen LogP contribution in [-0.2, 0) is 20.4 Å². The molecule has 3 heteroatoms. The molecule has 2 rings (SSSR count). The van der Waals surface area contributed by atoms with Gasteiger partial charge in [0.1, 0.15) is 17.6 Å². The van der Waals surface area contributed by atoms with Crippen LogP contribution in [0.25, 0.3) is 0 Å². The Morgan fingerprint density at radius 1 is 1.07 bits per heavy atom. The van der Waals surface area contributed by atoms with E-state index in [1.54, 1.807) is 0 Å². The molecule has 0 N–H and O–H groups in total. The number of carbonyl (C=O) groups excluding carboxylic acids is 1. The molecule has 0 radical (unpaired) electrons. The zero-order chi connectivity index (χ0) is 10.5. The van der Waals surface area contributed by atoms with Crippen LogP contribution in [0.1, 0.15) is 44.9 Å². The minimum absolute atomic E-state index is 0.0760. The van der Waals surface area contributed by atoms with Gasteiger partial charge in [-0.3, -0.25) is 0 Å². The van der Waals surface area contributed by atoms with E-state index in [1.165, 1.54) is 43.6 Å². The van der Waals surface area contributed by atoms with Gasteiger partial charge in [0.2, 0.25) is 5.75 Å². The van der Waals surface area contributed by atoms with Gasteiger partial charge in [0.25, 0.3) is 0 Å². The van der Waals surface area contributed by atoms with Crippen molar-refractivity contribution in [3.8, 4) is 0 Å². The van der Waals surface area contributed by atoms with Crippen molar-refractivity contribution in [2.75, 3.05) is 17.3 Å². The number of hydrogen-bond donors (Lipinski definition) is 0. The van der Waals surface area contributed by atoms with Crippen LogP contribution < -0.4 is 0 Å². The molecule has 0 bridgehead atoms. The molecule has 2 nitrogen and oxygen atoms in total. The van der Waals surface area contributed by atoms with Gasteiger partial charge in [0.15, 0.2) is 0 Å². The molecule has 0 amide bonds. The summed E-state index contributed by atoms with van der Waals surface area (Å²) in [5.74, 6) is 3.31. The predicted molar refractivity (Wildman–Crippen MR) is 64.2 cm³/mol. The topological polar surface area (TPSA) is 26.3 Å². The van der Waals surface area contributed by atoms with Gasteiger partial charge in [-0.05, 0) is 49.4 Å². The zero-order valence-electron chi connectivity index (χ0n) is 9.37. The third-order valence-electron chi connectivity index (χ3n) is 3.29. The molecule has 1 saturated carbocycles. The first kappa shape index (κ1) is 11.3. The number of rotatable bonds is 3. The average molecular weight is 229 g/mol. The molecule has 0 atom stereocenters. The monoisotopic (exact) mass is 229 g/mol. The lowest BCUT2D eigenvalue weighted by atomic mass is 9.98. The van der Waals surface area contributed by atoms with Gasteiger partial charge in [0, 0.05) is 0 Å². The Morgan fingerprint density at radius 2 is 1.73 bits per heavy atom. The van der Waals surface area contributed by atoms with E-state index >= 15 is 0 Å². The highest BCUT2D eigenvalue weighted by Gasteiger charge is 2.29. The van der Waals surface area contributed by atoms with Crippen molar-refractivity contribution in [1.82, 2.24) is 0 Å². The Morgan fingerprint density at radius 3 is 2.40 bits per heavy atom. The number of hydrogen-bond acceptors (Lipinski definition) is 2. The Bertz CT molecular complexity index is 206. The lowest BCUT2D eigenvalue weighted by molar-refractivity contribution is -0.147. The largest absolute Gasteiger partial charge is 0.459 e. The third-order valence-corrected chi connectivity index (χ3v) is 5.66. The normalized spacial score (nSPS) is 24.3. The number of ether oxygens (including phenoxy) is 1. The van der Waals surface area contributed by atoms with Crippen molar-refractivity contribution >= 4 is 16.9 Å². The molecule has 1 saturated heterocycles.